The fourth-order valence-corrected chi connectivity index (χ4v) is 2.69. The Bertz CT molecular complexity index is 791. The van der Waals surface area contributed by atoms with Crippen LogP contribution < -0.4 is 16.0 Å². The first kappa shape index (κ1) is 19.7. The maximum absolute atomic E-state index is 12.0. The van der Waals surface area contributed by atoms with Crippen molar-refractivity contribution in [3.8, 4) is 0 Å². The standard InChI is InChI=1S/C18H21ClN4O3/c1-12-4-3-5-13(2)18(12)22-17(24)11-20-8-9-21-16-7-6-14(23(25)26)10-15(16)19/h3-7,10,20-21H,8-9,11H2,1-2H3,(H,22,24). The maximum Gasteiger partial charge on any atom is 0.271 e. The molecule has 2 aromatic rings. The number of nitro groups is 1. The first-order valence-electron chi connectivity index (χ1n) is 8.13. The van der Waals surface area contributed by atoms with Crippen molar-refractivity contribution >= 4 is 34.6 Å². The van der Waals surface area contributed by atoms with Crippen molar-refractivity contribution in [2.45, 2.75) is 13.8 Å². The van der Waals surface area contributed by atoms with Crippen LogP contribution in [0.1, 0.15) is 11.1 Å². The van der Waals surface area contributed by atoms with Gasteiger partial charge in [-0.15, -0.1) is 0 Å². The number of carbonyl (C=O) groups is 1. The van der Waals surface area contributed by atoms with Gasteiger partial charge in [-0.05, 0) is 31.0 Å². The number of nitro benzene ring substituents is 1. The summed E-state index contributed by atoms with van der Waals surface area (Å²) in [5.74, 6) is -0.115. The Morgan fingerprint density at radius 1 is 1.15 bits per heavy atom. The number of hydrogen-bond donors (Lipinski definition) is 3. The number of rotatable bonds is 8. The second kappa shape index (κ2) is 9.17. The molecule has 3 N–H and O–H groups in total. The summed E-state index contributed by atoms with van der Waals surface area (Å²) in [6, 6.07) is 10.1. The molecule has 8 heteroatoms. The summed E-state index contributed by atoms with van der Waals surface area (Å²) in [4.78, 5) is 22.2. The molecule has 0 saturated carbocycles. The maximum atomic E-state index is 12.0. The van der Waals surface area contributed by atoms with E-state index >= 15 is 0 Å². The van der Waals surface area contributed by atoms with Crippen molar-refractivity contribution in [1.82, 2.24) is 5.32 Å². The molecule has 138 valence electrons. The summed E-state index contributed by atoms with van der Waals surface area (Å²) >= 11 is 6.01. The number of anilines is 2. The van der Waals surface area contributed by atoms with Gasteiger partial charge in [0.15, 0.2) is 0 Å². The molecule has 1 amide bonds. The molecule has 7 nitrogen and oxygen atoms in total. The molecular weight excluding hydrogens is 356 g/mol. The van der Waals surface area contributed by atoms with Crippen molar-refractivity contribution in [2.75, 3.05) is 30.3 Å². The molecule has 0 unspecified atom stereocenters. The summed E-state index contributed by atoms with van der Waals surface area (Å²) < 4.78 is 0. The highest BCUT2D eigenvalue weighted by molar-refractivity contribution is 6.33. The van der Waals surface area contributed by atoms with E-state index in [1.165, 1.54) is 12.1 Å². The van der Waals surface area contributed by atoms with E-state index in [0.29, 0.717) is 18.8 Å². The third kappa shape index (κ3) is 5.44. The van der Waals surface area contributed by atoms with E-state index in [1.807, 2.05) is 32.0 Å². The molecule has 0 bridgehead atoms. The number of carbonyl (C=O) groups excluding carboxylic acids is 1. The highest BCUT2D eigenvalue weighted by Gasteiger charge is 2.09. The molecule has 0 aliphatic rings. The SMILES string of the molecule is Cc1cccc(C)c1NC(=O)CNCCNc1ccc([N+](=O)[O-])cc1Cl. The van der Waals surface area contributed by atoms with Crippen LogP contribution >= 0.6 is 11.6 Å². The van der Waals surface area contributed by atoms with Crippen LogP contribution in [-0.4, -0.2) is 30.5 Å². The minimum Gasteiger partial charge on any atom is -0.383 e. The first-order chi connectivity index (χ1) is 12.4. The predicted molar refractivity (Wildman–Crippen MR) is 104 cm³/mol. The minimum atomic E-state index is -0.494. The lowest BCUT2D eigenvalue weighted by molar-refractivity contribution is -0.384. The van der Waals surface area contributed by atoms with E-state index in [-0.39, 0.29) is 23.2 Å². The molecule has 0 saturated heterocycles. The number of nitrogens with one attached hydrogen (secondary N) is 3. The van der Waals surface area contributed by atoms with Crippen LogP contribution in [-0.2, 0) is 4.79 Å². The summed E-state index contributed by atoms with van der Waals surface area (Å²) in [6.07, 6.45) is 0. The van der Waals surface area contributed by atoms with Crippen molar-refractivity contribution < 1.29 is 9.72 Å². The molecule has 0 spiro atoms. The van der Waals surface area contributed by atoms with E-state index in [0.717, 1.165) is 16.8 Å². The Labute approximate surface area is 156 Å². The lowest BCUT2D eigenvalue weighted by Gasteiger charge is -2.12. The van der Waals surface area contributed by atoms with Gasteiger partial charge in [0.1, 0.15) is 0 Å². The van der Waals surface area contributed by atoms with Crippen LogP contribution in [0.2, 0.25) is 5.02 Å². The molecule has 0 aliphatic carbocycles. The lowest BCUT2D eigenvalue weighted by Crippen LogP contribution is -2.31. The number of benzene rings is 2. The molecule has 0 heterocycles. The van der Waals surface area contributed by atoms with Crippen molar-refractivity contribution in [2.24, 2.45) is 0 Å². The van der Waals surface area contributed by atoms with Gasteiger partial charge in [0.2, 0.25) is 5.91 Å². The van der Waals surface area contributed by atoms with Crippen molar-refractivity contribution in [3.63, 3.8) is 0 Å². The predicted octanol–water partition coefficient (Wildman–Crippen LogP) is 3.51. The van der Waals surface area contributed by atoms with Crippen LogP contribution in [0, 0.1) is 24.0 Å². The molecular formula is C18H21ClN4O3. The monoisotopic (exact) mass is 376 g/mol. The van der Waals surface area contributed by atoms with Gasteiger partial charge in [-0.1, -0.05) is 29.8 Å². The fourth-order valence-electron chi connectivity index (χ4n) is 2.44. The van der Waals surface area contributed by atoms with Gasteiger partial charge in [0.05, 0.1) is 22.2 Å². The van der Waals surface area contributed by atoms with Gasteiger partial charge >= 0.3 is 0 Å². The Hall–Kier alpha value is -2.64. The number of nitrogens with zero attached hydrogens (tertiary/aromatic N) is 1. The molecule has 0 atom stereocenters. The van der Waals surface area contributed by atoms with Crippen molar-refractivity contribution in [1.29, 1.82) is 0 Å². The second-order valence-electron chi connectivity index (χ2n) is 5.84. The third-order valence-corrected chi connectivity index (χ3v) is 4.12. The Balaban J connectivity index is 1.74. The van der Waals surface area contributed by atoms with Crippen molar-refractivity contribution in [3.05, 3.63) is 62.7 Å². The average Bonchev–Trinajstić information content (AvgIpc) is 2.59. The minimum absolute atomic E-state index is 0.0538. The third-order valence-electron chi connectivity index (χ3n) is 3.81. The van der Waals surface area contributed by atoms with E-state index in [9.17, 15) is 14.9 Å². The van der Waals surface area contributed by atoms with Gasteiger partial charge in [-0.2, -0.15) is 0 Å². The fraction of sp³-hybridized carbons (Fsp3) is 0.278. The van der Waals surface area contributed by atoms with Gasteiger partial charge in [0.25, 0.3) is 5.69 Å². The Kier molecular flexibility index (Phi) is 6.94. The number of aryl methyl sites for hydroxylation is 2. The zero-order chi connectivity index (χ0) is 19.1. The van der Waals surface area contributed by atoms with Crippen LogP contribution in [0.15, 0.2) is 36.4 Å². The quantitative estimate of drug-likeness (QED) is 0.372. The molecule has 0 fully saturated rings. The second-order valence-corrected chi connectivity index (χ2v) is 6.25. The van der Waals surface area contributed by atoms with E-state index in [1.54, 1.807) is 6.07 Å². The van der Waals surface area contributed by atoms with Gasteiger partial charge < -0.3 is 16.0 Å². The molecule has 26 heavy (non-hydrogen) atoms. The molecule has 0 aliphatic heterocycles. The van der Waals surface area contributed by atoms with E-state index < -0.39 is 4.92 Å². The van der Waals surface area contributed by atoms with E-state index in [4.69, 9.17) is 11.6 Å². The molecule has 2 rings (SSSR count). The topological polar surface area (TPSA) is 96.3 Å². The van der Waals surface area contributed by atoms with Gasteiger partial charge in [-0.25, -0.2) is 0 Å². The first-order valence-corrected chi connectivity index (χ1v) is 8.51. The lowest BCUT2D eigenvalue weighted by atomic mass is 10.1. The van der Waals surface area contributed by atoms with Crippen LogP contribution in [0.3, 0.4) is 0 Å². The number of hydrogen-bond acceptors (Lipinski definition) is 5. The highest BCUT2D eigenvalue weighted by Crippen LogP contribution is 2.26. The summed E-state index contributed by atoms with van der Waals surface area (Å²) in [5, 5.41) is 20.0. The van der Waals surface area contributed by atoms with Gasteiger partial charge in [0, 0.05) is 30.9 Å². The average molecular weight is 377 g/mol. The summed E-state index contributed by atoms with van der Waals surface area (Å²) in [7, 11) is 0. The number of non-ortho nitro benzene ring substituents is 1. The zero-order valence-corrected chi connectivity index (χ0v) is 15.4. The number of para-hydroxylation sites is 1. The van der Waals surface area contributed by atoms with Gasteiger partial charge in [-0.3, -0.25) is 14.9 Å². The number of amides is 1. The highest BCUT2D eigenvalue weighted by atomic mass is 35.5. The summed E-state index contributed by atoms with van der Waals surface area (Å²) in [6.45, 7) is 5.15. The van der Waals surface area contributed by atoms with E-state index in [2.05, 4.69) is 16.0 Å². The molecule has 2 aromatic carbocycles. The number of halogens is 1. The van der Waals surface area contributed by atoms with Crippen LogP contribution in [0.25, 0.3) is 0 Å². The Morgan fingerprint density at radius 3 is 2.46 bits per heavy atom. The largest absolute Gasteiger partial charge is 0.383 e. The Morgan fingerprint density at radius 2 is 1.85 bits per heavy atom. The normalized spacial score (nSPS) is 10.4. The zero-order valence-electron chi connectivity index (χ0n) is 14.6. The molecule has 0 aromatic heterocycles. The summed E-state index contributed by atoms with van der Waals surface area (Å²) in [5.41, 5.74) is 3.44. The van der Waals surface area contributed by atoms with Crippen LogP contribution in [0.5, 0.6) is 0 Å². The van der Waals surface area contributed by atoms with Crippen LogP contribution in [0.4, 0.5) is 17.1 Å². The smallest absolute Gasteiger partial charge is 0.271 e. The molecule has 0 radical (unpaired) electrons.